The minimum atomic E-state index is -1.87. The van der Waals surface area contributed by atoms with Crippen molar-refractivity contribution in [3.63, 3.8) is 0 Å². The summed E-state index contributed by atoms with van der Waals surface area (Å²) in [7, 11) is 0. The maximum absolute atomic E-state index is 12.9. The molecule has 22 nitrogen and oxygen atoms in total. The van der Waals surface area contributed by atoms with Crippen LogP contribution >= 0.6 is 0 Å². The van der Waals surface area contributed by atoms with Crippen LogP contribution in [0.5, 0.6) is 28.7 Å². The van der Waals surface area contributed by atoms with E-state index in [1.807, 2.05) is 0 Å². The van der Waals surface area contributed by atoms with Crippen molar-refractivity contribution < 1.29 is 109 Å². The highest BCUT2D eigenvalue weighted by molar-refractivity contribution is 5.89. The first-order valence-corrected chi connectivity index (χ1v) is 19.2. The van der Waals surface area contributed by atoms with Crippen LogP contribution in [0.1, 0.15) is 27.6 Å². The SMILES string of the molecule is O=C(OC[C@H]1O[C@@H](Oc2cc(O)c3c(c2)OC(c2ccc(O)cc2)C(O[C@@H]2O[C@H](CO)[C@@H](O)[C@H](O)[C@H]2O)=C3)[C@H](O)[C@@H](O)[C@@H]1O)c1ccc(O[C@@H]2O[C@H](CO)[C@@H](O)[C@H](O)[C@H]2O)cc1. The molecule has 4 heterocycles. The second-order valence-corrected chi connectivity index (χ2v) is 14.9. The van der Waals surface area contributed by atoms with Gasteiger partial charge in [0.2, 0.25) is 18.9 Å². The fourth-order valence-electron chi connectivity index (χ4n) is 7.07. The van der Waals surface area contributed by atoms with Gasteiger partial charge in [-0.3, -0.25) is 0 Å². The lowest BCUT2D eigenvalue weighted by atomic mass is 9.98. The van der Waals surface area contributed by atoms with Crippen LogP contribution in [-0.4, -0.2) is 184 Å². The van der Waals surface area contributed by atoms with Gasteiger partial charge in [0.25, 0.3) is 0 Å². The van der Waals surface area contributed by atoms with Crippen molar-refractivity contribution in [2.75, 3.05) is 19.8 Å². The van der Waals surface area contributed by atoms with Crippen LogP contribution in [0.3, 0.4) is 0 Å². The van der Waals surface area contributed by atoms with Crippen molar-refractivity contribution >= 4 is 12.0 Å². The number of benzene rings is 3. The monoisotopic (exact) mass is 878 g/mol. The van der Waals surface area contributed by atoms with Crippen molar-refractivity contribution in [1.29, 1.82) is 0 Å². The van der Waals surface area contributed by atoms with E-state index in [-0.39, 0.29) is 39.9 Å². The van der Waals surface area contributed by atoms with Crippen LogP contribution < -0.4 is 14.2 Å². The lowest BCUT2D eigenvalue weighted by Crippen LogP contribution is -2.60. The van der Waals surface area contributed by atoms with Crippen LogP contribution in [0.25, 0.3) is 6.08 Å². The summed E-state index contributed by atoms with van der Waals surface area (Å²) < 4.78 is 45.3. The molecule has 13 N–H and O–H groups in total. The molecule has 0 aromatic heterocycles. The molecule has 0 radical (unpaired) electrons. The molecular formula is C40H46O22. The molecular weight excluding hydrogens is 832 g/mol. The Kier molecular flexibility index (Phi) is 13.7. The Morgan fingerprint density at radius 2 is 1.06 bits per heavy atom. The second-order valence-electron chi connectivity index (χ2n) is 14.9. The smallest absolute Gasteiger partial charge is 0.338 e. The summed E-state index contributed by atoms with van der Waals surface area (Å²) in [6.07, 6.45) is -24.2. The van der Waals surface area contributed by atoms with Gasteiger partial charge in [-0.2, -0.15) is 0 Å². The van der Waals surface area contributed by atoms with E-state index in [4.69, 9.17) is 37.9 Å². The van der Waals surface area contributed by atoms with E-state index in [9.17, 15) is 71.2 Å². The zero-order valence-corrected chi connectivity index (χ0v) is 32.2. The van der Waals surface area contributed by atoms with Crippen LogP contribution in [-0.2, 0) is 23.7 Å². The minimum Gasteiger partial charge on any atom is -0.508 e. The highest BCUT2D eigenvalue weighted by Crippen LogP contribution is 2.45. The molecule has 4 aliphatic heterocycles. The van der Waals surface area contributed by atoms with E-state index in [1.54, 1.807) is 0 Å². The number of phenols is 2. The van der Waals surface area contributed by atoms with E-state index in [2.05, 4.69) is 0 Å². The average Bonchev–Trinajstić information content (AvgIpc) is 3.26. The number of fused-ring (bicyclic) bond motifs is 1. The van der Waals surface area contributed by atoms with Crippen LogP contribution in [0, 0.1) is 0 Å². The summed E-state index contributed by atoms with van der Waals surface area (Å²) in [6.45, 7) is -2.03. The first-order chi connectivity index (χ1) is 29.6. The quantitative estimate of drug-likeness (QED) is 0.0789. The van der Waals surface area contributed by atoms with Crippen LogP contribution in [0.4, 0.5) is 0 Å². The Bertz CT molecular complexity index is 2030. The molecule has 0 aliphatic carbocycles. The molecule has 0 saturated carbocycles. The van der Waals surface area contributed by atoms with Crippen molar-refractivity contribution in [2.45, 2.75) is 98.2 Å². The van der Waals surface area contributed by atoms with Gasteiger partial charge < -0.3 is 104 Å². The van der Waals surface area contributed by atoms with Gasteiger partial charge in [0.05, 0.1) is 24.3 Å². The zero-order valence-electron chi connectivity index (χ0n) is 32.2. The largest absolute Gasteiger partial charge is 0.508 e. The van der Waals surface area contributed by atoms with Gasteiger partial charge in [0.1, 0.15) is 114 Å². The van der Waals surface area contributed by atoms with E-state index < -0.39 is 130 Å². The maximum atomic E-state index is 12.9. The standard InChI is InChI=1S/C40H46O22/c41-12-24-27(45)30(48)33(51)38(60-24)56-18-7-3-16(4-8-18)37(54)55-14-26-29(47)32(50)34(52)39(62-26)57-19-9-21(44)20-11-23(59-40-35(53)31(49)28(46)25(13-42)61-40)36(58-22(20)10-19)15-1-5-17(43)6-2-15/h1-11,24-36,38-53H,12-14H2/t24-,25-,26-,27-,28-,29-,30+,31+,32+,33-,34-,35-,36?,38-,39-,40-/m1/s1. The van der Waals surface area contributed by atoms with Gasteiger partial charge in [-0.15, -0.1) is 0 Å². The second kappa shape index (κ2) is 18.8. The molecule has 1 unspecified atom stereocenters. The molecule has 7 rings (SSSR count). The number of carbonyl (C=O) groups is 1. The number of aliphatic hydroxyl groups is 11. The first kappa shape index (κ1) is 45.1. The fraction of sp³-hybridized carbons (Fsp3) is 0.475. The van der Waals surface area contributed by atoms with E-state index in [1.165, 1.54) is 60.7 Å². The number of hydrogen-bond donors (Lipinski definition) is 13. The third kappa shape index (κ3) is 9.25. The fourth-order valence-corrected chi connectivity index (χ4v) is 7.07. The number of ether oxygens (including phenoxy) is 8. The molecule has 0 bridgehead atoms. The van der Waals surface area contributed by atoms with Gasteiger partial charge in [-0.1, -0.05) is 12.1 Å². The summed E-state index contributed by atoms with van der Waals surface area (Å²) >= 11 is 0. The Labute approximate surface area is 350 Å². The zero-order chi connectivity index (χ0) is 44.6. The normalized spacial score (nSPS) is 35.8. The number of hydrogen-bond acceptors (Lipinski definition) is 22. The molecule has 22 heteroatoms. The molecule has 0 spiro atoms. The predicted octanol–water partition coefficient (Wildman–Crippen LogP) is -3.39. The summed E-state index contributed by atoms with van der Waals surface area (Å²) in [5.41, 5.74) is 0.384. The van der Waals surface area contributed by atoms with Crippen molar-refractivity contribution in [3.8, 4) is 28.7 Å². The van der Waals surface area contributed by atoms with E-state index in [0.29, 0.717) is 5.56 Å². The highest BCUT2D eigenvalue weighted by atomic mass is 16.7. The third-order valence-electron chi connectivity index (χ3n) is 10.7. The minimum absolute atomic E-state index is 0.0178. The van der Waals surface area contributed by atoms with Gasteiger partial charge in [0, 0.05) is 17.7 Å². The topological polar surface area (TPSA) is 354 Å². The van der Waals surface area contributed by atoms with Crippen LogP contribution in [0.2, 0.25) is 0 Å². The molecule has 62 heavy (non-hydrogen) atoms. The summed E-state index contributed by atoms with van der Waals surface area (Å²) in [5.74, 6) is -1.68. The van der Waals surface area contributed by atoms with E-state index in [0.717, 1.165) is 6.07 Å². The third-order valence-corrected chi connectivity index (χ3v) is 10.7. The molecule has 0 amide bonds. The maximum Gasteiger partial charge on any atom is 0.338 e. The summed E-state index contributed by atoms with van der Waals surface area (Å²) in [5, 5.41) is 134. The molecule has 3 aromatic rings. The molecule has 3 saturated heterocycles. The lowest BCUT2D eigenvalue weighted by molar-refractivity contribution is -0.293. The number of phenolic OH excluding ortho intramolecular Hbond substituents is 2. The predicted molar refractivity (Wildman–Crippen MR) is 201 cm³/mol. The van der Waals surface area contributed by atoms with Gasteiger partial charge in [0.15, 0.2) is 6.10 Å². The van der Waals surface area contributed by atoms with Gasteiger partial charge >= 0.3 is 5.97 Å². The molecule has 338 valence electrons. The Hall–Kier alpha value is -4.89. The highest BCUT2D eigenvalue weighted by Gasteiger charge is 2.48. The van der Waals surface area contributed by atoms with Crippen molar-refractivity contribution in [2.24, 2.45) is 0 Å². The summed E-state index contributed by atoms with van der Waals surface area (Å²) in [4.78, 5) is 12.9. The average molecular weight is 879 g/mol. The van der Waals surface area contributed by atoms with Gasteiger partial charge in [-0.25, -0.2) is 4.79 Å². The van der Waals surface area contributed by atoms with Crippen molar-refractivity contribution in [1.82, 2.24) is 0 Å². The molecule has 3 aromatic carbocycles. The van der Waals surface area contributed by atoms with E-state index >= 15 is 0 Å². The molecule has 4 aliphatic rings. The van der Waals surface area contributed by atoms with Crippen LogP contribution in [0.15, 0.2) is 66.4 Å². The Morgan fingerprint density at radius 1 is 0.565 bits per heavy atom. The molecule has 16 atom stereocenters. The number of aliphatic hydroxyl groups excluding tert-OH is 11. The first-order valence-electron chi connectivity index (χ1n) is 19.2. The lowest BCUT2D eigenvalue weighted by Gasteiger charge is -2.41. The number of aromatic hydroxyl groups is 2. The Balaban J connectivity index is 1.03. The van der Waals surface area contributed by atoms with Gasteiger partial charge in [-0.05, 0) is 42.5 Å². The number of esters is 1. The summed E-state index contributed by atoms with van der Waals surface area (Å²) in [6, 6.07) is 13.2. The van der Waals surface area contributed by atoms with Crippen molar-refractivity contribution in [3.05, 3.63) is 83.1 Å². The Morgan fingerprint density at radius 3 is 1.61 bits per heavy atom. The molecule has 3 fully saturated rings. The number of carbonyl (C=O) groups excluding carboxylic acids is 1. The number of rotatable bonds is 12.